The number of ether oxygens (including phenoxy) is 2. The summed E-state index contributed by atoms with van der Waals surface area (Å²) < 4.78 is 12.9. The first kappa shape index (κ1) is 22.4. The Kier molecular flexibility index (Phi) is 6.75. The highest BCUT2D eigenvalue weighted by molar-refractivity contribution is 6.00. The van der Waals surface area contributed by atoms with Gasteiger partial charge in [0.15, 0.2) is 18.1 Å². The van der Waals surface area contributed by atoms with Crippen molar-refractivity contribution in [2.75, 3.05) is 19.5 Å². The maximum absolute atomic E-state index is 12.9. The molecule has 9 heteroatoms. The molecule has 1 aromatic heterocycles. The molecule has 0 atom stereocenters. The van der Waals surface area contributed by atoms with Crippen LogP contribution in [0.1, 0.15) is 28.4 Å². The molecule has 3 aromatic rings. The summed E-state index contributed by atoms with van der Waals surface area (Å²) in [5.41, 5.74) is 5.62. The lowest BCUT2D eigenvalue weighted by atomic mass is 10.1. The minimum absolute atomic E-state index is 0.0807. The Balaban J connectivity index is 1.97. The number of methoxy groups -OCH3 is 1. The highest BCUT2D eigenvalue weighted by Gasteiger charge is 2.23. The third kappa shape index (κ3) is 4.39. The number of carbonyl (C=O) groups excluding carboxylic acids is 1. The second-order valence-corrected chi connectivity index (χ2v) is 6.85. The lowest BCUT2D eigenvalue weighted by molar-refractivity contribution is 0.0917. The van der Waals surface area contributed by atoms with Crippen LogP contribution < -0.4 is 26.5 Å². The van der Waals surface area contributed by atoms with Gasteiger partial charge in [0.1, 0.15) is 11.4 Å². The standard InChI is InChI=1S/C23H22N4O5/c1-3-26-22(29)20(21(25)27(23(26)30)13-15-7-5-4-6-8-15)17(28)14-32-18-10-9-16(12-24)11-19(18)31-2/h4-11H,3,13-14,25H2,1-2H3. The average molecular weight is 434 g/mol. The van der Waals surface area contributed by atoms with Gasteiger partial charge in [-0.2, -0.15) is 5.26 Å². The SMILES string of the molecule is CCn1c(=O)c(C(=O)COc2ccc(C#N)cc2OC)c(N)n(Cc2ccccc2)c1=O. The number of rotatable bonds is 8. The summed E-state index contributed by atoms with van der Waals surface area (Å²) in [4.78, 5) is 38.6. The second kappa shape index (κ2) is 9.66. The normalized spacial score (nSPS) is 10.4. The number of nitrogen functional groups attached to an aromatic ring is 1. The smallest absolute Gasteiger partial charge is 0.332 e. The summed E-state index contributed by atoms with van der Waals surface area (Å²) in [6.07, 6.45) is 0. The second-order valence-electron chi connectivity index (χ2n) is 6.85. The van der Waals surface area contributed by atoms with E-state index in [1.165, 1.54) is 29.9 Å². The van der Waals surface area contributed by atoms with Crippen molar-refractivity contribution >= 4 is 11.6 Å². The van der Waals surface area contributed by atoms with Crippen LogP contribution in [0.3, 0.4) is 0 Å². The number of ketones is 1. The summed E-state index contributed by atoms with van der Waals surface area (Å²) in [7, 11) is 1.41. The Bertz CT molecular complexity index is 1300. The molecule has 2 aromatic carbocycles. The molecule has 0 unspecified atom stereocenters. The highest BCUT2D eigenvalue weighted by Crippen LogP contribution is 2.28. The molecule has 0 aliphatic heterocycles. The van der Waals surface area contributed by atoms with E-state index in [0.29, 0.717) is 5.56 Å². The van der Waals surface area contributed by atoms with E-state index in [2.05, 4.69) is 0 Å². The summed E-state index contributed by atoms with van der Waals surface area (Å²) >= 11 is 0. The molecule has 32 heavy (non-hydrogen) atoms. The maximum Gasteiger partial charge on any atom is 0.332 e. The van der Waals surface area contributed by atoms with E-state index in [1.54, 1.807) is 6.92 Å². The van der Waals surface area contributed by atoms with Gasteiger partial charge >= 0.3 is 5.69 Å². The number of aromatic nitrogens is 2. The van der Waals surface area contributed by atoms with E-state index in [0.717, 1.165) is 10.1 Å². The van der Waals surface area contributed by atoms with Crippen molar-refractivity contribution in [1.82, 2.24) is 9.13 Å². The zero-order chi connectivity index (χ0) is 23.3. The Hall–Kier alpha value is -4.32. The fourth-order valence-corrected chi connectivity index (χ4v) is 3.25. The first-order chi connectivity index (χ1) is 15.4. The fourth-order valence-electron chi connectivity index (χ4n) is 3.25. The summed E-state index contributed by atoms with van der Waals surface area (Å²) in [6, 6.07) is 15.6. The molecule has 0 aliphatic rings. The number of nitrogens with two attached hydrogens (primary N) is 1. The molecular formula is C23H22N4O5. The predicted octanol–water partition coefficient (Wildman–Crippen LogP) is 1.80. The number of nitriles is 1. The van der Waals surface area contributed by atoms with Crippen molar-refractivity contribution < 1.29 is 14.3 Å². The lowest BCUT2D eigenvalue weighted by Gasteiger charge is -2.16. The third-order valence-electron chi connectivity index (χ3n) is 4.90. The Morgan fingerprint density at radius 2 is 1.81 bits per heavy atom. The van der Waals surface area contributed by atoms with Crippen molar-refractivity contribution in [3.8, 4) is 17.6 Å². The first-order valence-electron chi connectivity index (χ1n) is 9.82. The summed E-state index contributed by atoms with van der Waals surface area (Å²) in [5, 5.41) is 9.00. The van der Waals surface area contributed by atoms with Crippen molar-refractivity contribution in [3.63, 3.8) is 0 Å². The first-order valence-corrected chi connectivity index (χ1v) is 9.82. The molecule has 1 heterocycles. The van der Waals surface area contributed by atoms with Crippen LogP contribution in [-0.2, 0) is 13.1 Å². The van der Waals surface area contributed by atoms with Crippen LogP contribution in [0, 0.1) is 11.3 Å². The van der Waals surface area contributed by atoms with Crippen LogP contribution in [0.25, 0.3) is 0 Å². The number of carbonyl (C=O) groups is 1. The van der Waals surface area contributed by atoms with Gasteiger partial charge in [0, 0.05) is 12.6 Å². The lowest BCUT2D eigenvalue weighted by Crippen LogP contribution is -2.44. The molecule has 3 rings (SSSR count). The molecule has 0 radical (unpaired) electrons. The number of benzene rings is 2. The zero-order valence-corrected chi connectivity index (χ0v) is 17.7. The van der Waals surface area contributed by atoms with Gasteiger partial charge in [0.25, 0.3) is 5.56 Å². The number of nitrogens with zero attached hydrogens (tertiary/aromatic N) is 3. The molecule has 0 saturated heterocycles. The Morgan fingerprint density at radius 1 is 1.09 bits per heavy atom. The van der Waals surface area contributed by atoms with Gasteiger partial charge in [0.2, 0.25) is 5.78 Å². The predicted molar refractivity (Wildman–Crippen MR) is 118 cm³/mol. The Morgan fingerprint density at radius 3 is 2.44 bits per heavy atom. The largest absolute Gasteiger partial charge is 0.493 e. The van der Waals surface area contributed by atoms with Crippen LogP contribution in [0.15, 0.2) is 58.1 Å². The molecule has 2 N–H and O–H groups in total. The van der Waals surface area contributed by atoms with Crippen molar-refractivity contribution in [3.05, 3.63) is 86.1 Å². The maximum atomic E-state index is 12.9. The third-order valence-corrected chi connectivity index (χ3v) is 4.90. The van der Waals surface area contributed by atoms with Gasteiger partial charge < -0.3 is 15.2 Å². The molecule has 0 fully saturated rings. The van der Waals surface area contributed by atoms with E-state index in [4.69, 9.17) is 20.5 Å². The molecule has 0 spiro atoms. The van der Waals surface area contributed by atoms with Gasteiger partial charge in [-0.3, -0.25) is 18.7 Å². The van der Waals surface area contributed by atoms with Crippen LogP contribution in [-0.4, -0.2) is 28.6 Å². The van der Waals surface area contributed by atoms with E-state index in [9.17, 15) is 14.4 Å². The highest BCUT2D eigenvalue weighted by atomic mass is 16.5. The molecule has 9 nitrogen and oxygen atoms in total. The Labute approximate surface area is 183 Å². The molecule has 0 aliphatic carbocycles. The van der Waals surface area contributed by atoms with Crippen molar-refractivity contribution in [2.24, 2.45) is 0 Å². The fraction of sp³-hybridized carbons (Fsp3) is 0.217. The summed E-state index contributed by atoms with van der Waals surface area (Å²) in [6.45, 7) is 1.32. The van der Waals surface area contributed by atoms with Gasteiger partial charge in [-0.05, 0) is 24.6 Å². The topological polar surface area (TPSA) is 129 Å². The zero-order valence-electron chi connectivity index (χ0n) is 17.7. The minimum Gasteiger partial charge on any atom is -0.493 e. The van der Waals surface area contributed by atoms with Crippen molar-refractivity contribution in [2.45, 2.75) is 20.0 Å². The minimum atomic E-state index is -0.764. The van der Waals surface area contributed by atoms with Gasteiger partial charge in [-0.25, -0.2) is 4.79 Å². The van der Waals surface area contributed by atoms with Crippen LogP contribution >= 0.6 is 0 Å². The van der Waals surface area contributed by atoms with Crippen molar-refractivity contribution in [1.29, 1.82) is 5.26 Å². The number of Topliss-reactive ketones (excluding diaryl/α,β-unsaturated/α-hetero) is 1. The van der Waals surface area contributed by atoms with E-state index in [-0.39, 0.29) is 36.0 Å². The van der Waals surface area contributed by atoms with E-state index >= 15 is 0 Å². The quantitative estimate of drug-likeness (QED) is 0.535. The molecule has 0 amide bonds. The number of anilines is 1. The molecule has 0 bridgehead atoms. The van der Waals surface area contributed by atoms with Gasteiger partial charge in [-0.1, -0.05) is 30.3 Å². The van der Waals surface area contributed by atoms with Crippen LogP contribution in [0.2, 0.25) is 0 Å². The molecular weight excluding hydrogens is 412 g/mol. The molecule has 164 valence electrons. The number of hydrogen-bond donors (Lipinski definition) is 1. The summed E-state index contributed by atoms with van der Waals surface area (Å²) in [5.74, 6) is -0.395. The van der Waals surface area contributed by atoms with E-state index < -0.39 is 23.6 Å². The van der Waals surface area contributed by atoms with Crippen LogP contribution in [0.5, 0.6) is 11.5 Å². The van der Waals surface area contributed by atoms with Gasteiger partial charge in [0.05, 0.1) is 25.3 Å². The monoisotopic (exact) mass is 434 g/mol. The van der Waals surface area contributed by atoms with Crippen LogP contribution in [0.4, 0.5) is 5.82 Å². The van der Waals surface area contributed by atoms with Gasteiger partial charge in [-0.15, -0.1) is 0 Å². The average Bonchev–Trinajstić information content (AvgIpc) is 2.81. The molecule has 0 saturated carbocycles. The number of hydrogen-bond acceptors (Lipinski definition) is 7. The van der Waals surface area contributed by atoms with E-state index in [1.807, 2.05) is 36.4 Å².